The Hall–Kier alpha value is -2.16. The number of nitrogens with zero attached hydrogens (tertiary/aromatic N) is 1. The minimum atomic E-state index is -4.11. The van der Waals surface area contributed by atoms with Crippen molar-refractivity contribution < 1.29 is 17.9 Å². The molecule has 0 aromatic heterocycles. The summed E-state index contributed by atoms with van der Waals surface area (Å²) in [6.07, 6.45) is 0.806. The van der Waals surface area contributed by atoms with E-state index in [0.717, 1.165) is 20.8 Å². The van der Waals surface area contributed by atoms with Crippen LogP contribution in [0.5, 0.6) is 5.75 Å². The summed E-state index contributed by atoms with van der Waals surface area (Å²) in [6, 6.07) is 20.0. The molecule has 3 rings (SSSR count). The number of carbonyl (C=O) groups excluding carboxylic acids is 1. The molecule has 0 unspecified atom stereocenters. The topological polar surface area (TPSA) is 63.7 Å². The molecule has 0 fully saturated rings. The molecule has 5 nitrogen and oxygen atoms in total. The van der Waals surface area contributed by atoms with E-state index in [2.05, 4.69) is 31.9 Å². The predicted octanol–water partition coefficient (Wildman–Crippen LogP) is 5.57. The summed E-state index contributed by atoms with van der Waals surface area (Å²) in [6.45, 7) is 1.56. The average Bonchev–Trinajstić information content (AvgIpc) is 2.74. The Balaban J connectivity index is 1.94. The Morgan fingerprint density at radius 3 is 2.23 bits per heavy atom. The first kappa shape index (κ1) is 22.5. The van der Waals surface area contributed by atoms with Gasteiger partial charge < -0.3 is 4.74 Å². The zero-order valence-corrected chi connectivity index (χ0v) is 20.1. The highest BCUT2D eigenvalue weighted by Crippen LogP contribution is 2.29. The van der Waals surface area contributed by atoms with Crippen molar-refractivity contribution in [2.24, 2.45) is 0 Å². The fourth-order valence-electron chi connectivity index (χ4n) is 2.77. The van der Waals surface area contributed by atoms with Crippen molar-refractivity contribution in [2.45, 2.75) is 18.2 Å². The van der Waals surface area contributed by atoms with Crippen LogP contribution in [0, 0.1) is 0 Å². The molecule has 3 aromatic carbocycles. The first-order valence-corrected chi connectivity index (χ1v) is 12.2. The van der Waals surface area contributed by atoms with Gasteiger partial charge in [-0.25, -0.2) is 8.42 Å². The van der Waals surface area contributed by atoms with Gasteiger partial charge in [-0.05, 0) is 70.4 Å². The van der Waals surface area contributed by atoms with Gasteiger partial charge in [0.15, 0.2) is 6.61 Å². The monoisotopic (exact) mass is 551 g/mol. The lowest BCUT2D eigenvalue weighted by molar-refractivity contribution is -0.119. The maximum atomic E-state index is 13.3. The largest absolute Gasteiger partial charge is 0.483 e. The second-order valence-corrected chi connectivity index (χ2v) is 9.92. The van der Waals surface area contributed by atoms with Gasteiger partial charge in [0.25, 0.3) is 15.9 Å². The van der Waals surface area contributed by atoms with Crippen molar-refractivity contribution in [1.82, 2.24) is 0 Å². The van der Waals surface area contributed by atoms with Crippen molar-refractivity contribution >= 4 is 53.5 Å². The smallest absolute Gasteiger partial charge is 0.278 e. The number of benzene rings is 3. The number of amides is 1. The Morgan fingerprint density at radius 2 is 1.63 bits per heavy atom. The highest BCUT2D eigenvalue weighted by Gasteiger charge is 2.31. The summed E-state index contributed by atoms with van der Waals surface area (Å²) in [5.41, 5.74) is 1.30. The minimum Gasteiger partial charge on any atom is -0.483 e. The molecule has 0 bridgehead atoms. The maximum absolute atomic E-state index is 13.3. The number of hydrogen-bond acceptors (Lipinski definition) is 4. The van der Waals surface area contributed by atoms with E-state index < -0.39 is 22.5 Å². The standard InChI is InChI=1S/C22H19Br2NO4S/c1-2-16-8-11-18(12-9-16)25(30(27,28)19-6-4-3-5-7-19)22(26)15-29-21-13-10-17(23)14-20(21)24/h3-14H,2,15H2,1H3. The van der Waals surface area contributed by atoms with Crippen LogP contribution in [-0.2, 0) is 21.2 Å². The number of rotatable bonds is 7. The Labute approximate surface area is 193 Å². The molecule has 0 radical (unpaired) electrons. The lowest BCUT2D eigenvalue weighted by atomic mass is 10.1. The number of halogens is 2. The van der Waals surface area contributed by atoms with Crippen LogP contribution in [0.15, 0.2) is 86.6 Å². The van der Waals surface area contributed by atoms with Crippen molar-refractivity contribution in [3.63, 3.8) is 0 Å². The van der Waals surface area contributed by atoms with Gasteiger partial charge in [-0.2, -0.15) is 4.31 Å². The van der Waals surface area contributed by atoms with Crippen molar-refractivity contribution in [1.29, 1.82) is 0 Å². The Kier molecular flexibility index (Phi) is 7.33. The molecule has 0 heterocycles. The fraction of sp³-hybridized carbons (Fsp3) is 0.136. The molecule has 0 saturated carbocycles. The maximum Gasteiger partial charge on any atom is 0.278 e. The van der Waals surface area contributed by atoms with E-state index in [9.17, 15) is 13.2 Å². The molecule has 0 aliphatic carbocycles. The summed E-state index contributed by atoms with van der Waals surface area (Å²) in [5.74, 6) is -0.261. The summed E-state index contributed by atoms with van der Waals surface area (Å²) in [7, 11) is -4.11. The molecular formula is C22H19Br2NO4S. The van der Waals surface area contributed by atoms with E-state index in [4.69, 9.17) is 4.74 Å². The van der Waals surface area contributed by atoms with Gasteiger partial charge in [-0.15, -0.1) is 0 Å². The molecule has 3 aromatic rings. The van der Waals surface area contributed by atoms with Crippen LogP contribution in [0.25, 0.3) is 0 Å². The summed E-state index contributed by atoms with van der Waals surface area (Å²) >= 11 is 6.73. The van der Waals surface area contributed by atoms with Crippen LogP contribution in [0.3, 0.4) is 0 Å². The average molecular weight is 553 g/mol. The second-order valence-electron chi connectivity index (χ2n) is 6.36. The van der Waals surface area contributed by atoms with E-state index in [-0.39, 0.29) is 10.6 Å². The second kappa shape index (κ2) is 9.76. The lowest BCUT2D eigenvalue weighted by Crippen LogP contribution is -2.40. The third-order valence-electron chi connectivity index (χ3n) is 4.33. The SMILES string of the molecule is CCc1ccc(N(C(=O)COc2ccc(Br)cc2Br)S(=O)(=O)c2ccccc2)cc1. The van der Waals surface area contributed by atoms with Gasteiger partial charge in [0, 0.05) is 4.47 Å². The number of ether oxygens (including phenoxy) is 1. The highest BCUT2D eigenvalue weighted by atomic mass is 79.9. The number of carbonyl (C=O) groups is 1. The zero-order chi connectivity index (χ0) is 21.7. The fourth-order valence-corrected chi connectivity index (χ4v) is 5.37. The number of sulfonamides is 1. The molecule has 0 spiro atoms. The van der Waals surface area contributed by atoms with Crippen LogP contribution in [0.2, 0.25) is 0 Å². The minimum absolute atomic E-state index is 0.0303. The van der Waals surface area contributed by atoms with Gasteiger partial charge in [-0.1, -0.05) is 53.2 Å². The Bertz CT molecular complexity index is 1130. The van der Waals surface area contributed by atoms with E-state index in [1.165, 1.54) is 12.1 Å². The van der Waals surface area contributed by atoms with Gasteiger partial charge in [-0.3, -0.25) is 4.79 Å². The van der Waals surface area contributed by atoms with Crippen LogP contribution < -0.4 is 9.04 Å². The van der Waals surface area contributed by atoms with Crippen molar-refractivity contribution in [3.05, 3.63) is 87.3 Å². The van der Waals surface area contributed by atoms with Gasteiger partial charge >= 0.3 is 0 Å². The lowest BCUT2D eigenvalue weighted by Gasteiger charge is -2.23. The molecule has 0 aliphatic rings. The van der Waals surface area contributed by atoms with E-state index in [1.54, 1.807) is 48.5 Å². The van der Waals surface area contributed by atoms with Crippen LogP contribution >= 0.6 is 31.9 Å². The van der Waals surface area contributed by atoms with Crippen LogP contribution in [0.1, 0.15) is 12.5 Å². The summed E-state index contributed by atoms with van der Waals surface area (Å²) < 4.78 is 34.5. The summed E-state index contributed by atoms with van der Waals surface area (Å²) in [5, 5.41) is 0. The molecule has 1 amide bonds. The van der Waals surface area contributed by atoms with E-state index in [0.29, 0.717) is 10.2 Å². The first-order chi connectivity index (χ1) is 14.3. The van der Waals surface area contributed by atoms with Crippen LogP contribution in [0.4, 0.5) is 5.69 Å². The molecule has 0 atom stereocenters. The number of aryl methyl sites for hydroxylation is 1. The summed E-state index contributed by atoms with van der Waals surface area (Å²) in [4.78, 5) is 13.1. The predicted molar refractivity (Wildman–Crippen MR) is 124 cm³/mol. The van der Waals surface area contributed by atoms with E-state index >= 15 is 0 Å². The third-order valence-corrected chi connectivity index (χ3v) is 7.21. The Morgan fingerprint density at radius 1 is 0.967 bits per heavy atom. The normalized spacial score (nSPS) is 11.2. The van der Waals surface area contributed by atoms with Gasteiger partial charge in [0.2, 0.25) is 0 Å². The molecule has 8 heteroatoms. The number of hydrogen-bond donors (Lipinski definition) is 0. The first-order valence-electron chi connectivity index (χ1n) is 9.13. The van der Waals surface area contributed by atoms with Crippen molar-refractivity contribution in [3.8, 4) is 5.75 Å². The molecule has 156 valence electrons. The van der Waals surface area contributed by atoms with Gasteiger partial charge in [0.1, 0.15) is 5.75 Å². The van der Waals surface area contributed by atoms with Gasteiger partial charge in [0.05, 0.1) is 15.1 Å². The van der Waals surface area contributed by atoms with E-state index in [1.807, 2.05) is 19.1 Å². The van der Waals surface area contributed by atoms with Crippen molar-refractivity contribution in [2.75, 3.05) is 10.9 Å². The molecule has 30 heavy (non-hydrogen) atoms. The molecular weight excluding hydrogens is 534 g/mol. The third kappa shape index (κ3) is 5.11. The molecule has 0 aliphatic heterocycles. The quantitative estimate of drug-likeness (QED) is 0.384. The molecule has 0 saturated heterocycles. The number of anilines is 1. The zero-order valence-electron chi connectivity index (χ0n) is 16.1. The molecule has 0 N–H and O–H groups in total. The highest BCUT2D eigenvalue weighted by molar-refractivity contribution is 9.11. The van der Waals surface area contributed by atoms with Crippen LogP contribution in [-0.4, -0.2) is 20.9 Å².